The fourth-order valence-electron chi connectivity index (χ4n) is 4.67. The number of amides is 2. The zero-order valence-electron chi connectivity index (χ0n) is 18.0. The molecule has 2 amide bonds. The number of rotatable bonds is 6. The fraction of sp³-hybridized carbons (Fsp3) is 0.375. The number of likely N-dealkylation sites (tertiary alicyclic amines) is 1. The van der Waals surface area contributed by atoms with Gasteiger partial charge in [0.15, 0.2) is 0 Å². The molecule has 1 fully saturated rings. The molecular formula is C24H24F2N2O5. The van der Waals surface area contributed by atoms with Crippen molar-refractivity contribution in [1.82, 2.24) is 10.2 Å². The highest BCUT2D eigenvalue weighted by atomic mass is 19.3. The van der Waals surface area contributed by atoms with Gasteiger partial charge in [-0.2, -0.15) is 8.78 Å². The first-order chi connectivity index (χ1) is 15.7. The van der Waals surface area contributed by atoms with Crippen molar-refractivity contribution >= 4 is 18.0 Å². The normalized spacial score (nSPS) is 19.7. The van der Waals surface area contributed by atoms with Gasteiger partial charge < -0.3 is 20.1 Å². The SMILES string of the molecule is CC1CCN(C(=O)C(F)(F)CNC(=O)OCC2c3ccccc3-c3ccccc32)C1C(=O)O. The van der Waals surface area contributed by atoms with E-state index in [1.165, 1.54) is 0 Å². The molecular weight excluding hydrogens is 434 g/mol. The Hall–Kier alpha value is -3.49. The van der Waals surface area contributed by atoms with Crippen LogP contribution in [0, 0.1) is 5.92 Å². The summed E-state index contributed by atoms with van der Waals surface area (Å²) in [4.78, 5) is 36.5. The van der Waals surface area contributed by atoms with Crippen molar-refractivity contribution in [1.29, 1.82) is 0 Å². The summed E-state index contributed by atoms with van der Waals surface area (Å²) in [6.45, 7) is 0.195. The van der Waals surface area contributed by atoms with E-state index in [0.29, 0.717) is 11.3 Å². The van der Waals surface area contributed by atoms with E-state index in [0.717, 1.165) is 22.3 Å². The van der Waals surface area contributed by atoms with E-state index in [2.05, 4.69) is 0 Å². The van der Waals surface area contributed by atoms with E-state index in [9.17, 15) is 28.3 Å². The summed E-state index contributed by atoms with van der Waals surface area (Å²) in [5, 5.41) is 11.2. The molecule has 7 nitrogen and oxygen atoms in total. The number of hydrogen-bond donors (Lipinski definition) is 2. The number of carbonyl (C=O) groups excluding carboxylic acids is 2. The van der Waals surface area contributed by atoms with Gasteiger partial charge in [0.1, 0.15) is 12.6 Å². The lowest BCUT2D eigenvalue weighted by Crippen LogP contribution is -2.53. The second kappa shape index (κ2) is 8.80. The number of hydrogen-bond acceptors (Lipinski definition) is 4. The molecule has 2 aromatic rings. The predicted octanol–water partition coefficient (Wildman–Crippen LogP) is 3.48. The topological polar surface area (TPSA) is 95.9 Å². The number of ether oxygens (including phenoxy) is 1. The van der Waals surface area contributed by atoms with Crippen molar-refractivity contribution in [3.05, 3.63) is 59.7 Å². The number of carbonyl (C=O) groups is 3. The van der Waals surface area contributed by atoms with Gasteiger partial charge >= 0.3 is 18.0 Å². The first kappa shape index (κ1) is 22.7. The molecule has 2 N–H and O–H groups in total. The number of halogens is 2. The summed E-state index contributed by atoms with van der Waals surface area (Å²) in [5.41, 5.74) is 4.03. The zero-order chi connectivity index (χ0) is 23.8. The molecule has 0 saturated carbocycles. The van der Waals surface area contributed by atoms with Crippen molar-refractivity contribution < 1.29 is 33.0 Å². The van der Waals surface area contributed by atoms with Crippen LogP contribution in [0.5, 0.6) is 0 Å². The van der Waals surface area contributed by atoms with Gasteiger partial charge in [-0.05, 0) is 34.6 Å². The number of carboxylic acid groups (broad SMARTS) is 1. The lowest BCUT2D eigenvalue weighted by atomic mass is 9.98. The highest BCUT2D eigenvalue weighted by molar-refractivity contribution is 5.89. The maximum atomic E-state index is 14.5. The molecule has 33 heavy (non-hydrogen) atoms. The van der Waals surface area contributed by atoms with Crippen LogP contribution in [0.1, 0.15) is 30.4 Å². The molecule has 0 radical (unpaired) electrons. The Labute approximate surface area is 189 Å². The Kier molecular flexibility index (Phi) is 6.05. The minimum absolute atomic E-state index is 0.0515. The Bertz CT molecular complexity index is 1040. The Morgan fingerprint density at radius 2 is 1.67 bits per heavy atom. The predicted molar refractivity (Wildman–Crippen MR) is 115 cm³/mol. The molecule has 2 aliphatic rings. The van der Waals surface area contributed by atoms with Crippen molar-refractivity contribution in [3.8, 4) is 11.1 Å². The minimum atomic E-state index is -3.96. The second-order valence-corrected chi connectivity index (χ2v) is 8.43. The quantitative estimate of drug-likeness (QED) is 0.691. The zero-order valence-corrected chi connectivity index (χ0v) is 18.0. The average molecular weight is 458 g/mol. The minimum Gasteiger partial charge on any atom is -0.480 e. The van der Waals surface area contributed by atoms with Gasteiger partial charge in [-0.3, -0.25) is 4.79 Å². The largest absolute Gasteiger partial charge is 0.480 e. The second-order valence-electron chi connectivity index (χ2n) is 8.43. The van der Waals surface area contributed by atoms with E-state index in [-0.39, 0.29) is 19.1 Å². The third-order valence-electron chi connectivity index (χ3n) is 6.33. The maximum Gasteiger partial charge on any atom is 0.407 e. The molecule has 0 aromatic heterocycles. The van der Waals surface area contributed by atoms with Gasteiger partial charge in [0.05, 0.1) is 6.54 Å². The summed E-state index contributed by atoms with van der Waals surface area (Å²) in [5.74, 6) is -7.56. The van der Waals surface area contributed by atoms with Crippen LogP contribution in [0.3, 0.4) is 0 Å². The molecule has 9 heteroatoms. The maximum absolute atomic E-state index is 14.5. The van der Waals surface area contributed by atoms with Crippen LogP contribution >= 0.6 is 0 Å². The Morgan fingerprint density at radius 3 is 2.24 bits per heavy atom. The van der Waals surface area contributed by atoms with Crippen LogP contribution in [0.2, 0.25) is 0 Å². The van der Waals surface area contributed by atoms with Crippen LogP contribution in [-0.2, 0) is 14.3 Å². The van der Waals surface area contributed by atoms with Crippen molar-refractivity contribution in [3.63, 3.8) is 0 Å². The first-order valence-corrected chi connectivity index (χ1v) is 10.7. The lowest BCUT2D eigenvalue weighted by Gasteiger charge is -2.27. The van der Waals surface area contributed by atoms with E-state index < -0.39 is 42.4 Å². The van der Waals surface area contributed by atoms with Gasteiger partial charge in [-0.25, -0.2) is 9.59 Å². The van der Waals surface area contributed by atoms with Crippen LogP contribution in [0.15, 0.2) is 48.5 Å². The van der Waals surface area contributed by atoms with Crippen LogP contribution < -0.4 is 5.32 Å². The molecule has 1 heterocycles. The lowest BCUT2D eigenvalue weighted by molar-refractivity contribution is -0.163. The van der Waals surface area contributed by atoms with Crippen LogP contribution in [0.4, 0.5) is 13.6 Å². The molecule has 174 valence electrons. The molecule has 2 unspecified atom stereocenters. The number of carboxylic acids is 1. The smallest absolute Gasteiger partial charge is 0.407 e. The Balaban J connectivity index is 1.36. The standard InChI is InChI=1S/C24H24F2N2O5/c1-14-10-11-28(20(14)21(29)30)22(31)24(25,26)13-27-23(32)33-12-19-17-8-4-2-6-15(17)16-7-3-5-9-18(16)19/h2-9,14,19-20H,10-13H2,1H3,(H,27,32)(H,29,30). The highest BCUT2D eigenvalue weighted by Crippen LogP contribution is 2.44. The molecule has 1 aliphatic carbocycles. The van der Waals surface area contributed by atoms with Gasteiger partial charge in [-0.15, -0.1) is 0 Å². The summed E-state index contributed by atoms with van der Waals surface area (Å²) >= 11 is 0. The molecule has 1 aliphatic heterocycles. The van der Waals surface area contributed by atoms with Gasteiger partial charge in [-0.1, -0.05) is 55.5 Å². The van der Waals surface area contributed by atoms with Crippen molar-refractivity contribution in [2.24, 2.45) is 5.92 Å². The number of fused-ring (bicyclic) bond motifs is 3. The third kappa shape index (κ3) is 4.27. The van der Waals surface area contributed by atoms with E-state index >= 15 is 0 Å². The number of alkyl halides is 2. The van der Waals surface area contributed by atoms with Gasteiger partial charge in [0.2, 0.25) is 0 Å². The molecule has 4 rings (SSSR count). The summed E-state index contributed by atoms with van der Waals surface area (Å²) < 4.78 is 34.2. The van der Waals surface area contributed by atoms with Gasteiger partial charge in [0.25, 0.3) is 5.91 Å². The van der Waals surface area contributed by atoms with E-state index in [1.807, 2.05) is 53.8 Å². The van der Waals surface area contributed by atoms with Crippen molar-refractivity contribution in [2.45, 2.75) is 31.2 Å². The van der Waals surface area contributed by atoms with Crippen LogP contribution in [0.25, 0.3) is 11.1 Å². The molecule has 2 aromatic carbocycles. The molecule has 1 saturated heterocycles. The summed E-state index contributed by atoms with van der Waals surface area (Å²) in [7, 11) is 0. The molecule has 0 bridgehead atoms. The van der Waals surface area contributed by atoms with E-state index in [1.54, 1.807) is 6.92 Å². The average Bonchev–Trinajstić information content (AvgIpc) is 3.34. The van der Waals surface area contributed by atoms with E-state index in [4.69, 9.17) is 4.74 Å². The summed E-state index contributed by atoms with van der Waals surface area (Å²) in [6, 6.07) is 14.1. The van der Waals surface area contributed by atoms with Crippen molar-refractivity contribution in [2.75, 3.05) is 19.7 Å². The monoisotopic (exact) mass is 458 g/mol. The van der Waals surface area contributed by atoms with Gasteiger partial charge in [0, 0.05) is 12.5 Å². The first-order valence-electron chi connectivity index (χ1n) is 10.7. The highest BCUT2D eigenvalue weighted by Gasteiger charge is 2.49. The molecule has 0 spiro atoms. The molecule has 2 atom stereocenters. The number of nitrogens with one attached hydrogen (secondary N) is 1. The Morgan fingerprint density at radius 1 is 1.09 bits per heavy atom. The number of nitrogens with zero attached hydrogens (tertiary/aromatic N) is 1. The fourth-order valence-corrected chi connectivity index (χ4v) is 4.67. The number of aliphatic carboxylic acids is 1. The number of alkyl carbamates (subject to hydrolysis) is 1. The third-order valence-corrected chi connectivity index (χ3v) is 6.33. The van der Waals surface area contributed by atoms with Crippen LogP contribution in [-0.4, -0.2) is 59.6 Å². The number of benzene rings is 2. The summed E-state index contributed by atoms with van der Waals surface area (Å²) in [6.07, 6.45) is -0.757.